The van der Waals surface area contributed by atoms with E-state index >= 15 is 0 Å². The monoisotopic (exact) mass is 430 g/mol. The second-order valence-electron chi connectivity index (χ2n) is 6.48. The van der Waals surface area contributed by atoms with Crippen molar-refractivity contribution in [2.24, 2.45) is 0 Å². The van der Waals surface area contributed by atoms with E-state index in [1.165, 1.54) is 0 Å². The lowest BCUT2D eigenvalue weighted by Crippen LogP contribution is -2.20. The summed E-state index contributed by atoms with van der Waals surface area (Å²) in [4.78, 5) is 0. The van der Waals surface area contributed by atoms with Crippen LogP contribution in [0.3, 0.4) is 0 Å². The molecule has 1 aromatic heterocycles. The van der Waals surface area contributed by atoms with Crippen LogP contribution in [0.25, 0.3) is 0 Å². The molecule has 3 aromatic rings. The molecule has 0 amide bonds. The molecule has 0 spiro atoms. The summed E-state index contributed by atoms with van der Waals surface area (Å²) in [5.41, 5.74) is 4.60. The Morgan fingerprint density at radius 2 is 1.79 bits per heavy atom. The van der Waals surface area contributed by atoms with Crippen molar-refractivity contribution >= 4 is 40.3 Å². The third-order valence-electron chi connectivity index (χ3n) is 4.52. The number of nitrogens with one attached hydrogen (secondary N) is 2. The molecule has 0 atom stereocenters. The van der Waals surface area contributed by atoms with Gasteiger partial charge in [-0.2, -0.15) is 5.10 Å². The lowest BCUT2D eigenvalue weighted by Gasteiger charge is -2.14. The Labute approximate surface area is 180 Å². The van der Waals surface area contributed by atoms with E-state index in [1.54, 1.807) is 20.3 Å². The van der Waals surface area contributed by atoms with Crippen LogP contribution in [0.2, 0.25) is 5.02 Å². The van der Waals surface area contributed by atoms with Crippen LogP contribution < -0.4 is 20.1 Å². The summed E-state index contributed by atoms with van der Waals surface area (Å²) in [6.07, 6.45) is 0. The molecule has 0 aliphatic heterocycles. The van der Waals surface area contributed by atoms with Crippen molar-refractivity contribution in [3.05, 3.63) is 64.4 Å². The molecule has 0 fully saturated rings. The van der Waals surface area contributed by atoms with Gasteiger partial charge >= 0.3 is 0 Å². The number of halogens is 1. The highest BCUT2D eigenvalue weighted by Gasteiger charge is 2.14. The molecule has 6 nitrogen and oxygen atoms in total. The first kappa shape index (κ1) is 21.0. The van der Waals surface area contributed by atoms with Crippen LogP contribution in [-0.2, 0) is 6.54 Å². The molecule has 29 heavy (non-hydrogen) atoms. The highest BCUT2D eigenvalue weighted by atomic mass is 35.5. The van der Waals surface area contributed by atoms with Crippen molar-refractivity contribution in [3.8, 4) is 11.5 Å². The molecule has 2 N–H and O–H groups in total. The number of hydrogen-bond acceptors (Lipinski definition) is 4. The second kappa shape index (κ2) is 9.15. The summed E-state index contributed by atoms with van der Waals surface area (Å²) in [5, 5.41) is 12.2. The Balaban J connectivity index is 1.74. The van der Waals surface area contributed by atoms with Crippen LogP contribution in [0.1, 0.15) is 17.0 Å². The summed E-state index contributed by atoms with van der Waals surface area (Å²) >= 11 is 11.5. The number of benzene rings is 2. The summed E-state index contributed by atoms with van der Waals surface area (Å²) < 4.78 is 12.6. The highest BCUT2D eigenvalue weighted by molar-refractivity contribution is 7.80. The Bertz CT molecular complexity index is 1020. The maximum absolute atomic E-state index is 5.97. The number of methoxy groups -OCH3 is 2. The molecule has 1 heterocycles. The number of rotatable bonds is 6. The van der Waals surface area contributed by atoms with Crippen LogP contribution in [-0.4, -0.2) is 29.1 Å². The van der Waals surface area contributed by atoms with Crippen molar-refractivity contribution in [1.29, 1.82) is 0 Å². The zero-order valence-corrected chi connectivity index (χ0v) is 18.3. The van der Waals surface area contributed by atoms with E-state index in [4.69, 9.17) is 33.3 Å². The van der Waals surface area contributed by atoms with Crippen LogP contribution in [0.4, 0.5) is 11.4 Å². The van der Waals surface area contributed by atoms with E-state index in [9.17, 15) is 0 Å². The van der Waals surface area contributed by atoms with Gasteiger partial charge in [-0.05, 0) is 55.9 Å². The first-order valence-corrected chi connectivity index (χ1v) is 9.78. The number of hydrogen-bond donors (Lipinski definition) is 2. The molecule has 0 bridgehead atoms. The molecule has 152 valence electrons. The molecule has 2 aromatic carbocycles. The van der Waals surface area contributed by atoms with Gasteiger partial charge in [-0.1, -0.05) is 23.7 Å². The molecule has 0 saturated carbocycles. The Morgan fingerprint density at radius 1 is 1.07 bits per heavy atom. The highest BCUT2D eigenvalue weighted by Crippen LogP contribution is 2.29. The predicted molar refractivity (Wildman–Crippen MR) is 122 cm³/mol. The van der Waals surface area contributed by atoms with Gasteiger partial charge in [0.15, 0.2) is 5.11 Å². The fourth-order valence-corrected chi connectivity index (χ4v) is 3.30. The Hall–Kier alpha value is -2.77. The average Bonchev–Trinajstić information content (AvgIpc) is 2.97. The smallest absolute Gasteiger partial charge is 0.175 e. The average molecular weight is 431 g/mol. The van der Waals surface area contributed by atoms with Gasteiger partial charge < -0.3 is 20.1 Å². The van der Waals surface area contributed by atoms with Crippen LogP contribution in [0.15, 0.2) is 42.5 Å². The van der Waals surface area contributed by atoms with E-state index < -0.39 is 0 Å². The summed E-state index contributed by atoms with van der Waals surface area (Å²) in [5.74, 6) is 1.35. The molecule has 0 aliphatic carbocycles. The predicted octanol–water partition coefficient (Wildman–Crippen LogP) is 5.03. The first-order chi connectivity index (χ1) is 13.9. The normalized spacial score (nSPS) is 10.5. The quantitative estimate of drug-likeness (QED) is 0.535. The van der Waals surface area contributed by atoms with Crippen LogP contribution in [0, 0.1) is 13.8 Å². The molecule has 0 aliphatic rings. The third kappa shape index (κ3) is 4.99. The summed E-state index contributed by atoms with van der Waals surface area (Å²) in [6.45, 7) is 4.61. The molecular weight excluding hydrogens is 408 g/mol. The van der Waals surface area contributed by atoms with Crippen molar-refractivity contribution in [2.45, 2.75) is 20.4 Å². The number of ether oxygens (including phenoxy) is 2. The second-order valence-corrected chi connectivity index (χ2v) is 7.32. The van der Waals surface area contributed by atoms with Gasteiger partial charge in [0.05, 0.1) is 43.5 Å². The van der Waals surface area contributed by atoms with Gasteiger partial charge in [0.2, 0.25) is 0 Å². The van der Waals surface area contributed by atoms with Gasteiger partial charge in [-0.15, -0.1) is 0 Å². The fraction of sp³-hybridized carbons (Fsp3) is 0.238. The zero-order chi connectivity index (χ0) is 21.0. The first-order valence-electron chi connectivity index (χ1n) is 8.99. The Kier molecular flexibility index (Phi) is 6.61. The van der Waals surface area contributed by atoms with Crippen molar-refractivity contribution in [2.75, 3.05) is 24.9 Å². The van der Waals surface area contributed by atoms with Crippen molar-refractivity contribution in [3.63, 3.8) is 0 Å². The number of thiocarbonyl (C=S) groups is 1. The van der Waals surface area contributed by atoms with Crippen molar-refractivity contribution in [1.82, 2.24) is 9.78 Å². The third-order valence-corrected chi connectivity index (χ3v) is 4.98. The minimum absolute atomic E-state index is 0.450. The molecule has 0 radical (unpaired) electrons. The largest absolute Gasteiger partial charge is 0.497 e. The number of nitrogens with zero attached hydrogens (tertiary/aromatic N) is 2. The molecule has 0 saturated heterocycles. The summed E-state index contributed by atoms with van der Waals surface area (Å²) in [7, 11) is 3.22. The summed E-state index contributed by atoms with van der Waals surface area (Å²) in [6, 6.07) is 13.2. The van der Waals surface area contributed by atoms with E-state index in [0.717, 1.165) is 33.3 Å². The minimum atomic E-state index is 0.450. The maximum Gasteiger partial charge on any atom is 0.175 e. The van der Waals surface area contributed by atoms with E-state index in [0.29, 0.717) is 23.2 Å². The van der Waals surface area contributed by atoms with E-state index in [1.807, 2.05) is 54.9 Å². The molecule has 0 unspecified atom stereocenters. The number of aromatic nitrogens is 2. The Morgan fingerprint density at radius 3 is 2.45 bits per heavy atom. The number of anilines is 2. The standard InChI is InChI=1S/C21H23ClN4O2S/c1-13-20(14(2)26(25-13)12-15-5-7-16(22)8-6-15)24-21(29)23-18-10-9-17(27-3)11-19(18)28-4/h5-11H,12H2,1-4H3,(H2,23,24,29). The molecular formula is C21H23ClN4O2S. The fourth-order valence-electron chi connectivity index (χ4n) is 2.96. The molecule has 8 heteroatoms. The SMILES string of the molecule is COc1ccc(NC(=S)Nc2c(C)nn(Cc3ccc(Cl)cc3)c2C)c(OC)c1. The minimum Gasteiger partial charge on any atom is -0.497 e. The van der Waals surface area contributed by atoms with Gasteiger partial charge in [-0.25, -0.2) is 0 Å². The van der Waals surface area contributed by atoms with Gasteiger partial charge in [0, 0.05) is 11.1 Å². The van der Waals surface area contributed by atoms with E-state index in [-0.39, 0.29) is 0 Å². The maximum atomic E-state index is 5.97. The van der Waals surface area contributed by atoms with E-state index in [2.05, 4.69) is 15.7 Å². The molecule has 3 rings (SSSR count). The van der Waals surface area contributed by atoms with Crippen molar-refractivity contribution < 1.29 is 9.47 Å². The van der Waals surface area contributed by atoms with Crippen LogP contribution >= 0.6 is 23.8 Å². The zero-order valence-electron chi connectivity index (χ0n) is 16.7. The lowest BCUT2D eigenvalue weighted by molar-refractivity contribution is 0.395. The van der Waals surface area contributed by atoms with Gasteiger partial charge in [0.1, 0.15) is 11.5 Å². The van der Waals surface area contributed by atoms with Gasteiger partial charge in [-0.3, -0.25) is 4.68 Å². The van der Waals surface area contributed by atoms with Gasteiger partial charge in [0.25, 0.3) is 0 Å². The topological polar surface area (TPSA) is 60.3 Å². The van der Waals surface area contributed by atoms with Crippen LogP contribution in [0.5, 0.6) is 11.5 Å². The lowest BCUT2D eigenvalue weighted by atomic mass is 10.2. The number of aryl methyl sites for hydroxylation is 1.